The largest absolute Gasteiger partial charge is 0.504 e. The van der Waals surface area contributed by atoms with Gasteiger partial charge in [0.15, 0.2) is 16.9 Å². The van der Waals surface area contributed by atoms with Gasteiger partial charge in [0.1, 0.15) is 16.7 Å². The lowest BCUT2D eigenvalue weighted by molar-refractivity contribution is 0.406. The van der Waals surface area contributed by atoms with Crippen LogP contribution in [0.5, 0.6) is 11.5 Å². The Morgan fingerprint density at radius 3 is 2.65 bits per heavy atom. The van der Waals surface area contributed by atoms with Crippen LogP contribution in [0.3, 0.4) is 0 Å². The Labute approximate surface area is 132 Å². The van der Waals surface area contributed by atoms with Crippen LogP contribution < -0.4 is 10.7 Å². The number of phenols is 2. The predicted octanol–water partition coefficient (Wildman–Crippen LogP) is 2.80. The average molecular weight is 311 g/mol. The highest BCUT2D eigenvalue weighted by atomic mass is 16.3. The molecule has 2 aromatic carbocycles. The lowest BCUT2D eigenvalue weighted by atomic mass is 10.1. The molecule has 1 aromatic heterocycles. The average Bonchev–Trinajstić information content (AvgIpc) is 2.52. The quantitative estimate of drug-likeness (QED) is 0.645. The summed E-state index contributed by atoms with van der Waals surface area (Å²) in [4.78, 5) is 12.1. The van der Waals surface area contributed by atoms with Crippen molar-refractivity contribution in [1.29, 1.82) is 0 Å². The van der Waals surface area contributed by atoms with Gasteiger partial charge in [-0.15, -0.1) is 0 Å². The minimum Gasteiger partial charge on any atom is -0.504 e. The highest BCUT2D eigenvalue weighted by Gasteiger charge is 2.12. The standard InChI is InChI=1S/C18H17NO4/c1-11-4-2-3-5-12(11)9-19-10-13-8-15(21)17-16(23-13)7-6-14(20)18(17)22/h2-8,19-20,22H,9-10H2,1H3. The summed E-state index contributed by atoms with van der Waals surface area (Å²) in [5, 5.41) is 22.4. The molecule has 118 valence electrons. The Kier molecular flexibility index (Phi) is 4.04. The number of phenolic OH excluding ortho intramolecular Hbond substituents is 2. The van der Waals surface area contributed by atoms with Gasteiger partial charge in [-0.3, -0.25) is 4.79 Å². The molecule has 0 amide bonds. The third-order valence-electron chi connectivity index (χ3n) is 3.77. The summed E-state index contributed by atoms with van der Waals surface area (Å²) in [5.41, 5.74) is 2.24. The van der Waals surface area contributed by atoms with E-state index >= 15 is 0 Å². The van der Waals surface area contributed by atoms with Gasteiger partial charge in [0.2, 0.25) is 0 Å². The molecule has 5 nitrogen and oxygen atoms in total. The molecule has 0 fully saturated rings. The maximum absolute atomic E-state index is 12.1. The van der Waals surface area contributed by atoms with Crippen molar-refractivity contribution in [3.63, 3.8) is 0 Å². The van der Waals surface area contributed by atoms with Gasteiger partial charge in [0.05, 0.1) is 6.54 Å². The van der Waals surface area contributed by atoms with E-state index in [4.69, 9.17) is 4.42 Å². The van der Waals surface area contributed by atoms with Crippen molar-refractivity contribution in [2.75, 3.05) is 0 Å². The summed E-state index contributed by atoms with van der Waals surface area (Å²) < 4.78 is 5.61. The van der Waals surface area contributed by atoms with Crippen LogP contribution >= 0.6 is 0 Å². The van der Waals surface area contributed by atoms with Crippen molar-refractivity contribution in [3.8, 4) is 11.5 Å². The molecular formula is C18H17NO4. The molecule has 0 aliphatic rings. The van der Waals surface area contributed by atoms with Gasteiger partial charge < -0.3 is 19.9 Å². The van der Waals surface area contributed by atoms with Crippen LogP contribution in [0.2, 0.25) is 0 Å². The van der Waals surface area contributed by atoms with Crippen molar-refractivity contribution in [3.05, 3.63) is 69.6 Å². The SMILES string of the molecule is Cc1ccccc1CNCc1cc(=O)c2c(O)c(O)ccc2o1. The lowest BCUT2D eigenvalue weighted by Gasteiger charge is -2.08. The molecule has 3 rings (SSSR count). The van der Waals surface area contributed by atoms with E-state index in [2.05, 4.69) is 5.32 Å². The van der Waals surface area contributed by atoms with Crippen molar-refractivity contribution in [1.82, 2.24) is 5.32 Å². The molecule has 0 radical (unpaired) electrons. The highest BCUT2D eigenvalue weighted by molar-refractivity contribution is 5.85. The van der Waals surface area contributed by atoms with Crippen LogP contribution in [-0.2, 0) is 13.1 Å². The molecule has 1 heterocycles. The van der Waals surface area contributed by atoms with E-state index in [1.54, 1.807) is 0 Å². The molecule has 0 aliphatic heterocycles. The molecule has 0 atom stereocenters. The fraction of sp³-hybridized carbons (Fsp3) is 0.167. The van der Waals surface area contributed by atoms with Gasteiger partial charge >= 0.3 is 0 Å². The summed E-state index contributed by atoms with van der Waals surface area (Å²) in [7, 11) is 0. The molecule has 0 saturated carbocycles. The topological polar surface area (TPSA) is 82.7 Å². The number of nitrogens with one attached hydrogen (secondary N) is 1. The Hall–Kier alpha value is -2.79. The zero-order chi connectivity index (χ0) is 16.4. The van der Waals surface area contributed by atoms with E-state index in [9.17, 15) is 15.0 Å². The second-order valence-corrected chi connectivity index (χ2v) is 5.41. The normalized spacial score (nSPS) is 11.0. The number of fused-ring (bicyclic) bond motifs is 1. The smallest absolute Gasteiger partial charge is 0.196 e. The van der Waals surface area contributed by atoms with Crippen LogP contribution in [-0.4, -0.2) is 10.2 Å². The molecule has 0 spiro atoms. The Balaban J connectivity index is 1.80. The third-order valence-corrected chi connectivity index (χ3v) is 3.77. The van der Waals surface area contributed by atoms with Crippen LogP contribution in [0.15, 0.2) is 51.7 Å². The van der Waals surface area contributed by atoms with Crippen LogP contribution in [0.1, 0.15) is 16.9 Å². The number of benzene rings is 2. The van der Waals surface area contributed by atoms with Crippen molar-refractivity contribution in [2.45, 2.75) is 20.0 Å². The van der Waals surface area contributed by atoms with Gasteiger partial charge in [-0.2, -0.15) is 0 Å². The van der Waals surface area contributed by atoms with Gasteiger partial charge in [0.25, 0.3) is 0 Å². The molecule has 3 N–H and O–H groups in total. The van der Waals surface area contributed by atoms with E-state index in [1.165, 1.54) is 29.3 Å². The lowest BCUT2D eigenvalue weighted by Crippen LogP contribution is -2.15. The van der Waals surface area contributed by atoms with Crippen molar-refractivity contribution >= 4 is 11.0 Å². The van der Waals surface area contributed by atoms with Gasteiger partial charge in [0, 0.05) is 12.6 Å². The molecule has 0 unspecified atom stereocenters. The number of hydrogen-bond donors (Lipinski definition) is 3. The van der Waals surface area contributed by atoms with E-state index in [1.807, 2.05) is 31.2 Å². The molecule has 0 saturated heterocycles. The molecule has 23 heavy (non-hydrogen) atoms. The third kappa shape index (κ3) is 3.05. The summed E-state index contributed by atoms with van der Waals surface area (Å²) in [5.74, 6) is -0.313. The first kappa shape index (κ1) is 15.1. The molecule has 0 aliphatic carbocycles. The predicted molar refractivity (Wildman–Crippen MR) is 87.5 cm³/mol. The number of hydrogen-bond acceptors (Lipinski definition) is 5. The molecule has 0 bridgehead atoms. The first-order chi connectivity index (χ1) is 11.1. The second kappa shape index (κ2) is 6.14. The number of rotatable bonds is 4. The Bertz CT molecular complexity index is 915. The minimum absolute atomic E-state index is 0.00680. The summed E-state index contributed by atoms with van der Waals surface area (Å²) in [6, 6.07) is 12.1. The molecule has 5 heteroatoms. The first-order valence-corrected chi connectivity index (χ1v) is 7.29. The number of aromatic hydroxyl groups is 2. The monoisotopic (exact) mass is 311 g/mol. The zero-order valence-corrected chi connectivity index (χ0v) is 12.7. The van der Waals surface area contributed by atoms with Gasteiger partial charge in [-0.05, 0) is 30.2 Å². The summed E-state index contributed by atoms with van der Waals surface area (Å²) in [6.07, 6.45) is 0. The van der Waals surface area contributed by atoms with E-state index < -0.39 is 5.75 Å². The Morgan fingerprint density at radius 2 is 1.87 bits per heavy atom. The van der Waals surface area contributed by atoms with Crippen LogP contribution in [0.25, 0.3) is 11.0 Å². The van der Waals surface area contributed by atoms with Crippen molar-refractivity contribution in [2.24, 2.45) is 0 Å². The van der Waals surface area contributed by atoms with Gasteiger partial charge in [-0.25, -0.2) is 0 Å². The fourth-order valence-electron chi connectivity index (χ4n) is 2.49. The minimum atomic E-state index is -0.448. The number of aryl methyl sites for hydroxylation is 1. The van der Waals surface area contributed by atoms with E-state index in [0.717, 1.165) is 0 Å². The maximum atomic E-state index is 12.1. The fourth-order valence-corrected chi connectivity index (χ4v) is 2.49. The highest BCUT2D eigenvalue weighted by Crippen LogP contribution is 2.31. The maximum Gasteiger partial charge on any atom is 0.196 e. The van der Waals surface area contributed by atoms with Crippen LogP contribution in [0.4, 0.5) is 0 Å². The molecular weight excluding hydrogens is 294 g/mol. The van der Waals surface area contributed by atoms with Gasteiger partial charge in [-0.1, -0.05) is 24.3 Å². The van der Waals surface area contributed by atoms with E-state index in [-0.39, 0.29) is 22.1 Å². The van der Waals surface area contributed by atoms with Crippen molar-refractivity contribution < 1.29 is 14.6 Å². The van der Waals surface area contributed by atoms with Crippen LogP contribution in [0, 0.1) is 6.92 Å². The first-order valence-electron chi connectivity index (χ1n) is 7.29. The summed E-state index contributed by atoms with van der Waals surface area (Å²) in [6.45, 7) is 3.10. The second-order valence-electron chi connectivity index (χ2n) is 5.41. The Morgan fingerprint density at radius 1 is 1.09 bits per heavy atom. The van der Waals surface area contributed by atoms with E-state index in [0.29, 0.717) is 18.8 Å². The molecule has 3 aromatic rings. The summed E-state index contributed by atoms with van der Waals surface area (Å²) >= 11 is 0. The zero-order valence-electron chi connectivity index (χ0n) is 12.7.